The molecule has 0 bridgehead atoms. The predicted octanol–water partition coefficient (Wildman–Crippen LogP) is 2.85. The number of halogens is 2. The number of rotatable bonds is 8. The van der Waals surface area contributed by atoms with Crippen LogP contribution >= 0.6 is 0 Å². The number of ether oxygens (including phenoxy) is 1. The fourth-order valence-corrected chi connectivity index (χ4v) is 3.16. The van der Waals surface area contributed by atoms with E-state index in [2.05, 4.69) is 4.72 Å². The Morgan fingerprint density at radius 2 is 1.61 bits per heavy atom. The van der Waals surface area contributed by atoms with Gasteiger partial charge in [0.15, 0.2) is 4.90 Å². The molecule has 124 valence electrons. The summed E-state index contributed by atoms with van der Waals surface area (Å²) in [6.45, 7) is 0.789. The lowest BCUT2D eigenvalue weighted by atomic mass is 10.2. The Balaban J connectivity index is 1.77. The van der Waals surface area contributed by atoms with Gasteiger partial charge in [-0.2, -0.15) is 0 Å². The molecule has 0 heterocycles. The van der Waals surface area contributed by atoms with Crippen LogP contribution in [0.4, 0.5) is 8.78 Å². The molecule has 0 atom stereocenters. The summed E-state index contributed by atoms with van der Waals surface area (Å²) in [5.41, 5.74) is 1.02. The highest BCUT2D eigenvalue weighted by molar-refractivity contribution is 7.89. The van der Waals surface area contributed by atoms with Crippen LogP contribution in [0.15, 0.2) is 53.4 Å². The van der Waals surface area contributed by atoms with Crippen molar-refractivity contribution < 1.29 is 21.9 Å². The maximum atomic E-state index is 13.5. The minimum absolute atomic E-state index is 0.0326. The lowest BCUT2D eigenvalue weighted by Crippen LogP contribution is -2.27. The summed E-state index contributed by atoms with van der Waals surface area (Å²) in [5.74, 6) is -2.23. The van der Waals surface area contributed by atoms with Crippen LogP contribution in [0.3, 0.4) is 0 Å². The summed E-state index contributed by atoms with van der Waals surface area (Å²) in [5, 5.41) is 0. The first-order chi connectivity index (χ1) is 11.0. The molecule has 23 heavy (non-hydrogen) atoms. The van der Waals surface area contributed by atoms with Gasteiger partial charge in [0.05, 0.1) is 6.61 Å². The summed E-state index contributed by atoms with van der Waals surface area (Å²) in [6.07, 6.45) is 0.391. The van der Waals surface area contributed by atoms with E-state index in [1.165, 1.54) is 0 Å². The molecule has 0 aliphatic carbocycles. The SMILES string of the molecule is O=S(=O)(NCCCOCc1ccccc1)c1c(F)cccc1F. The highest BCUT2D eigenvalue weighted by Gasteiger charge is 2.22. The van der Waals surface area contributed by atoms with Crippen molar-refractivity contribution in [3.63, 3.8) is 0 Å². The van der Waals surface area contributed by atoms with Crippen molar-refractivity contribution in [3.05, 3.63) is 65.7 Å². The number of nitrogens with one attached hydrogen (secondary N) is 1. The normalized spacial score (nSPS) is 11.6. The van der Waals surface area contributed by atoms with Crippen molar-refractivity contribution in [1.82, 2.24) is 4.72 Å². The molecule has 0 saturated heterocycles. The summed E-state index contributed by atoms with van der Waals surface area (Å²) in [6, 6.07) is 12.5. The second kappa shape index (κ2) is 8.14. The number of hydrogen-bond donors (Lipinski definition) is 1. The van der Waals surface area contributed by atoms with Crippen molar-refractivity contribution in [3.8, 4) is 0 Å². The van der Waals surface area contributed by atoms with Gasteiger partial charge >= 0.3 is 0 Å². The Morgan fingerprint density at radius 3 is 2.26 bits per heavy atom. The summed E-state index contributed by atoms with van der Waals surface area (Å²) in [7, 11) is -4.22. The maximum Gasteiger partial charge on any atom is 0.246 e. The molecule has 0 radical (unpaired) electrons. The molecule has 2 rings (SSSR count). The van der Waals surface area contributed by atoms with E-state index in [9.17, 15) is 17.2 Å². The molecule has 7 heteroatoms. The number of sulfonamides is 1. The first-order valence-electron chi connectivity index (χ1n) is 7.06. The van der Waals surface area contributed by atoms with E-state index in [-0.39, 0.29) is 6.54 Å². The molecule has 0 aliphatic heterocycles. The molecular formula is C16H17F2NO3S. The highest BCUT2D eigenvalue weighted by Crippen LogP contribution is 2.17. The van der Waals surface area contributed by atoms with Crippen LogP contribution in [-0.2, 0) is 21.4 Å². The molecule has 1 N–H and O–H groups in total. The molecule has 0 unspecified atom stereocenters. The molecule has 0 aromatic heterocycles. The van der Waals surface area contributed by atoms with Gasteiger partial charge in [0, 0.05) is 13.2 Å². The van der Waals surface area contributed by atoms with E-state index in [4.69, 9.17) is 4.74 Å². The highest BCUT2D eigenvalue weighted by atomic mass is 32.2. The fourth-order valence-electron chi connectivity index (χ4n) is 1.96. The standard InChI is InChI=1S/C16H17F2NO3S/c17-14-8-4-9-15(18)16(14)23(20,21)19-10-5-11-22-12-13-6-2-1-3-7-13/h1-4,6-9,19H,5,10-12H2. The molecule has 4 nitrogen and oxygen atoms in total. The van der Waals surface area contributed by atoms with E-state index in [1.54, 1.807) is 0 Å². The van der Waals surface area contributed by atoms with Gasteiger partial charge in [-0.3, -0.25) is 0 Å². The van der Waals surface area contributed by atoms with Crippen molar-refractivity contribution >= 4 is 10.0 Å². The summed E-state index contributed by atoms with van der Waals surface area (Å²) in [4.78, 5) is -0.954. The predicted molar refractivity (Wildman–Crippen MR) is 82.3 cm³/mol. The topological polar surface area (TPSA) is 55.4 Å². The zero-order valence-electron chi connectivity index (χ0n) is 12.3. The first-order valence-corrected chi connectivity index (χ1v) is 8.54. The average Bonchev–Trinajstić information content (AvgIpc) is 2.51. The molecular weight excluding hydrogens is 324 g/mol. The Morgan fingerprint density at radius 1 is 0.957 bits per heavy atom. The van der Waals surface area contributed by atoms with E-state index >= 15 is 0 Å². The summed E-state index contributed by atoms with van der Waals surface area (Å²) < 4.78 is 58.3. The zero-order chi connectivity index (χ0) is 16.7. The minimum Gasteiger partial charge on any atom is -0.377 e. The number of benzene rings is 2. The lowest BCUT2D eigenvalue weighted by molar-refractivity contribution is 0.119. The van der Waals surface area contributed by atoms with Crippen LogP contribution in [-0.4, -0.2) is 21.6 Å². The van der Waals surface area contributed by atoms with Gasteiger partial charge in [0.1, 0.15) is 11.6 Å². The maximum absolute atomic E-state index is 13.5. The van der Waals surface area contributed by atoms with Crippen LogP contribution < -0.4 is 4.72 Å². The van der Waals surface area contributed by atoms with Gasteiger partial charge < -0.3 is 4.74 Å². The molecule has 0 fully saturated rings. The largest absolute Gasteiger partial charge is 0.377 e. The van der Waals surface area contributed by atoms with E-state index in [0.717, 1.165) is 23.8 Å². The van der Waals surface area contributed by atoms with E-state index < -0.39 is 26.6 Å². The second-order valence-corrected chi connectivity index (χ2v) is 6.54. The molecule has 2 aromatic carbocycles. The molecule has 0 saturated carbocycles. The van der Waals surface area contributed by atoms with Gasteiger partial charge in [0.25, 0.3) is 0 Å². The van der Waals surface area contributed by atoms with E-state index in [0.29, 0.717) is 19.6 Å². The Bertz CT molecular complexity index is 716. The van der Waals surface area contributed by atoms with Gasteiger partial charge in [0.2, 0.25) is 10.0 Å². The van der Waals surface area contributed by atoms with Gasteiger partial charge in [-0.25, -0.2) is 21.9 Å². The molecule has 2 aromatic rings. The van der Waals surface area contributed by atoms with Crippen LogP contribution in [0, 0.1) is 11.6 Å². The average molecular weight is 341 g/mol. The zero-order valence-corrected chi connectivity index (χ0v) is 13.2. The lowest BCUT2D eigenvalue weighted by Gasteiger charge is -2.09. The Hall–Kier alpha value is -1.83. The Kier molecular flexibility index (Phi) is 6.20. The Labute approximate surface area is 134 Å². The van der Waals surface area contributed by atoms with Crippen LogP contribution in [0.1, 0.15) is 12.0 Å². The van der Waals surface area contributed by atoms with Crippen molar-refractivity contribution in [2.45, 2.75) is 17.9 Å². The minimum atomic E-state index is -4.22. The van der Waals surface area contributed by atoms with E-state index in [1.807, 2.05) is 30.3 Å². The third-order valence-corrected chi connectivity index (χ3v) is 4.57. The first kappa shape index (κ1) is 17.5. The smallest absolute Gasteiger partial charge is 0.246 e. The quantitative estimate of drug-likeness (QED) is 0.751. The monoisotopic (exact) mass is 341 g/mol. The van der Waals surface area contributed by atoms with Crippen LogP contribution in [0.25, 0.3) is 0 Å². The van der Waals surface area contributed by atoms with Crippen LogP contribution in [0.5, 0.6) is 0 Å². The van der Waals surface area contributed by atoms with Gasteiger partial charge in [-0.1, -0.05) is 36.4 Å². The van der Waals surface area contributed by atoms with Crippen LogP contribution in [0.2, 0.25) is 0 Å². The third-order valence-electron chi connectivity index (χ3n) is 3.06. The number of hydrogen-bond acceptors (Lipinski definition) is 3. The second-order valence-electron chi connectivity index (χ2n) is 4.84. The van der Waals surface area contributed by atoms with Gasteiger partial charge in [-0.15, -0.1) is 0 Å². The molecule has 0 spiro atoms. The van der Waals surface area contributed by atoms with Gasteiger partial charge in [-0.05, 0) is 24.1 Å². The third kappa shape index (κ3) is 5.09. The fraction of sp³-hybridized carbons (Fsp3) is 0.250. The van der Waals surface area contributed by atoms with Crippen molar-refractivity contribution in [2.75, 3.05) is 13.2 Å². The van der Waals surface area contributed by atoms with Crippen molar-refractivity contribution in [2.24, 2.45) is 0 Å². The molecule has 0 aliphatic rings. The molecule has 0 amide bonds. The van der Waals surface area contributed by atoms with Crippen molar-refractivity contribution in [1.29, 1.82) is 0 Å². The summed E-state index contributed by atoms with van der Waals surface area (Å²) >= 11 is 0.